The van der Waals surface area contributed by atoms with Gasteiger partial charge in [0.1, 0.15) is 23.5 Å². The molecule has 1 aromatic heterocycles. The molecular weight excluding hydrogens is 396 g/mol. The number of nitrogens with one attached hydrogen (secondary N) is 1. The molecule has 1 aromatic carbocycles. The fraction of sp³-hybridized carbons (Fsp3) is 0.609. The van der Waals surface area contributed by atoms with Gasteiger partial charge in [0.2, 0.25) is 5.91 Å². The molecular formula is C23H30N4O4. The average Bonchev–Trinajstić information content (AvgIpc) is 2.99. The monoisotopic (exact) mass is 426 g/mol. The normalized spacial score (nSPS) is 24.5. The maximum absolute atomic E-state index is 13.1. The lowest BCUT2D eigenvalue weighted by Crippen LogP contribution is -2.44. The lowest BCUT2D eigenvalue weighted by atomic mass is 9.96. The van der Waals surface area contributed by atoms with Gasteiger partial charge in [-0.3, -0.25) is 9.48 Å². The molecule has 2 amide bonds. The van der Waals surface area contributed by atoms with Crippen LogP contribution in [0.1, 0.15) is 40.3 Å². The Morgan fingerprint density at radius 1 is 1.16 bits per heavy atom. The number of likely N-dealkylation sites (tertiary alicyclic amines) is 1. The third-order valence-electron chi connectivity index (χ3n) is 6.47. The lowest BCUT2D eigenvalue weighted by molar-refractivity contribution is -0.125. The van der Waals surface area contributed by atoms with E-state index < -0.39 is 11.1 Å². The Morgan fingerprint density at radius 2 is 1.87 bits per heavy atom. The van der Waals surface area contributed by atoms with E-state index in [2.05, 4.69) is 5.32 Å². The van der Waals surface area contributed by atoms with Gasteiger partial charge in [-0.1, -0.05) is 12.1 Å². The topological polar surface area (TPSA) is 85.7 Å². The van der Waals surface area contributed by atoms with Crippen molar-refractivity contribution < 1.29 is 19.1 Å². The summed E-state index contributed by atoms with van der Waals surface area (Å²) in [5.74, 6) is 1.23. The zero-order valence-electron chi connectivity index (χ0n) is 18.8. The zero-order valence-corrected chi connectivity index (χ0v) is 18.8. The minimum atomic E-state index is -0.620. The second-order valence-corrected chi connectivity index (χ2v) is 10.4. The first-order chi connectivity index (χ1) is 14.5. The quantitative estimate of drug-likeness (QED) is 0.816. The summed E-state index contributed by atoms with van der Waals surface area (Å²) in [6, 6.07) is 5.95. The SMILES string of the molecule is CC(C)(C)OC(=O)N1C[C@@H]2[C@H](C1)[C@H]2C(=O)NC(C)(C)c1nn2c3c(cccc13)OCC2. The first-order valence-corrected chi connectivity index (χ1v) is 11.0. The molecule has 2 aliphatic heterocycles. The van der Waals surface area contributed by atoms with E-state index in [-0.39, 0.29) is 29.8 Å². The Bertz CT molecular complexity index is 1060. The third kappa shape index (κ3) is 3.42. The first-order valence-electron chi connectivity index (χ1n) is 11.0. The maximum Gasteiger partial charge on any atom is 0.410 e. The zero-order chi connectivity index (χ0) is 22.1. The highest BCUT2D eigenvalue weighted by atomic mass is 16.6. The number of para-hydroxylation sites is 1. The van der Waals surface area contributed by atoms with E-state index in [1.54, 1.807) is 4.90 Å². The van der Waals surface area contributed by atoms with E-state index in [0.717, 1.165) is 22.3 Å². The van der Waals surface area contributed by atoms with Gasteiger partial charge in [0.15, 0.2) is 0 Å². The number of carbonyl (C=O) groups excluding carboxylic acids is 2. The van der Waals surface area contributed by atoms with Crippen LogP contribution in [0.4, 0.5) is 4.79 Å². The molecule has 31 heavy (non-hydrogen) atoms. The van der Waals surface area contributed by atoms with Crippen LogP contribution >= 0.6 is 0 Å². The Morgan fingerprint density at radius 3 is 2.55 bits per heavy atom. The van der Waals surface area contributed by atoms with Crippen LogP contribution in [-0.2, 0) is 21.6 Å². The van der Waals surface area contributed by atoms with Crippen LogP contribution < -0.4 is 10.1 Å². The summed E-state index contributed by atoms with van der Waals surface area (Å²) in [6.45, 7) is 12.0. The molecule has 1 saturated carbocycles. The van der Waals surface area contributed by atoms with Gasteiger partial charge in [0, 0.05) is 24.4 Å². The van der Waals surface area contributed by atoms with Gasteiger partial charge in [0.25, 0.3) is 0 Å². The molecule has 5 rings (SSSR count). The molecule has 1 saturated heterocycles. The Hall–Kier alpha value is -2.77. The van der Waals surface area contributed by atoms with Gasteiger partial charge >= 0.3 is 6.09 Å². The van der Waals surface area contributed by atoms with E-state index in [1.807, 2.05) is 57.5 Å². The second kappa shape index (κ2) is 6.61. The van der Waals surface area contributed by atoms with Crippen molar-refractivity contribution in [3.05, 3.63) is 23.9 Å². The van der Waals surface area contributed by atoms with Crippen LogP contribution in [-0.4, -0.2) is 52.0 Å². The van der Waals surface area contributed by atoms with Crippen molar-refractivity contribution in [2.24, 2.45) is 17.8 Å². The van der Waals surface area contributed by atoms with Gasteiger partial charge in [-0.05, 0) is 52.5 Å². The summed E-state index contributed by atoms with van der Waals surface area (Å²) in [4.78, 5) is 27.1. The summed E-state index contributed by atoms with van der Waals surface area (Å²) < 4.78 is 13.2. The molecule has 8 nitrogen and oxygen atoms in total. The van der Waals surface area contributed by atoms with Crippen LogP contribution in [0.2, 0.25) is 0 Å². The van der Waals surface area contributed by atoms with Crippen molar-refractivity contribution in [2.45, 2.75) is 52.3 Å². The molecule has 2 fully saturated rings. The minimum absolute atomic E-state index is 0.0359. The van der Waals surface area contributed by atoms with Crippen molar-refractivity contribution in [3.63, 3.8) is 0 Å². The molecule has 1 N–H and O–H groups in total. The van der Waals surface area contributed by atoms with Crippen LogP contribution in [0.5, 0.6) is 5.75 Å². The Balaban J connectivity index is 1.27. The van der Waals surface area contributed by atoms with Crippen LogP contribution in [0.3, 0.4) is 0 Å². The summed E-state index contributed by atoms with van der Waals surface area (Å²) in [6.07, 6.45) is -0.292. The molecule has 8 heteroatoms. The molecule has 0 bridgehead atoms. The number of fused-ring (bicyclic) bond motifs is 1. The maximum atomic E-state index is 13.1. The lowest BCUT2D eigenvalue weighted by Gasteiger charge is -2.27. The van der Waals surface area contributed by atoms with Gasteiger partial charge in [-0.15, -0.1) is 0 Å². The van der Waals surface area contributed by atoms with Crippen molar-refractivity contribution in [1.82, 2.24) is 20.0 Å². The summed E-state index contributed by atoms with van der Waals surface area (Å²) in [7, 11) is 0. The molecule has 3 aliphatic rings. The number of ether oxygens (including phenoxy) is 2. The first kappa shape index (κ1) is 20.2. The van der Waals surface area contributed by atoms with Gasteiger partial charge < -0.3 is 19.7 Å². The number of benzene rings is 1. The Labute approximate surface area is 181 Å². The molecule has 166 valence electrons. The highest BCUT2D eigenvalue weighted by molar-refractivity contribution is 5.90. The number of rotatable bonds is 3. The van der Waals surface area contributed by atoms with Gasteiger partial charge in [0.05, 0.1) is 17.8 Å². The molecule has 3 heterocycles. The number of hydrogen-bond donors (Lipinski definition) is 1. The van der Waals surface area contributed by atoms with Crippen molar-refractivity contribution >= 4 is 22.9 Å². The number of nitrogens with zero attached hydrogens (tertiary/aromatic N) is 3. The van der Waals surface area contributed by atoms with Crippen LogP contribution in [0, 0.1) is 17.8 Å². The van der Waals surface area contributed by atoms with Gasteiger partial charge in [-0.25, -0.2) is 4.79 Å². The molecule has 0 unspecified atom stereocenters. The fourth-order valence-electron chi connectivity index (χ4n) is 5.03. The van der Waals surface area contributed by atoms with E-state index in [1.165, 1.54) is 0 Å². The van der Waals surface area contributed by atoms with E-state index in [9.17, 15) is 9.59 Å². The predicted molar refractivity (Wildman–Crippen MR) is 115 cm³/mol. The van der Waals surface area contributed by atoms with Gasteiger partial charge in [-0.2, -0.15) is 5.10 Å². The fourth-order valence-corrected chi connectivity index (χ4v) is 5.03. The van der Waals surface area contributed by atoms with E-state index >= 15 is 0 Å². The minimum Gasteiger partial charge on any atom is -0.489 e. The van der Waals surface area contributed by atoms with Crippen molar-refractivity contribution in [2.75, 3.05) is 19.7 Å². The summed E-state index contributed by atoms with van der Waals surface area (Å²) >= 11 is 0. The highest BCUT2D eigenvalue weighted by Gasteiger charge is 2.61. The molecule has 2 aromatic rings. The van der Waals surface area contributed by atoms with Crippen molar-refractivity contribution in [1.29, 1.82) is 0 Å². The Kier molecular flexibility index (Phi) is 4.30. The number of aromatic nitrogens is 2. The van der Waals surface area contributed by atoms with E-state index in [4.69, 9.17) is 14.6 Å². The smallest absolute Gasteiger partial charge is 0.410 e. The molecule has 0 radical (unpaired) electrons. The number of piperidine rings is 1. The predicted octanol–water partition coefficient (Wildman–Crippen LogP) is 2.89. The number of hydrogen-bond acceptors (Lipinski definition) is 5. The summed E-state index contributed by atoms with van der Waals surface area (Å²) in [5, 5.41) is 9.05. The molecule has 0 spiro atoms. The third-order valence-corrected chi connectivity index (χ3v) is 6.47. The van der Waals surface area contributed by atoms with Crippen molar-refractivity contribution in [3.8, 4) is 5.75 Å². The standard InChI is InChI=1S/C23H30N4O4/c1-22(2,3)31-21(29)26-11-14-15(12-26)17(14)20(28)24-23(4,5)19-13-7-6-8-16-18(13)27(25-19)9-10-30-16/h6-8,14-15,17H,9-12H2,1-5H3,(H,24,28)/t14-,15+,17+. The second-order valence-electron chi connectivity index (χ2n) is 10.4. The van der Waals surface area contributed by atoms with Crippen LogP contribution in [0.25, 0.3) is 10.9 Å². The highest BCUT2D eigenvalue weighted by Crippen LogP contribution is 2.52. The number of amides is 2. The summed E-state index contributed by atoms with van der Waals surface area (Å²) in [5.41, 5.74) is 0.709. The molecule has 1 aliphatic carbocycles. The number of carbonyl (C=O) groups is 2. The molecule has 3 atom stereocenters. The average molecular weight is 427 g/mol. The largest absolute Gasteiger partial charge is 0.489 e. The van der Waals surface area contributed by atoms with Crippen LogP contribution in [0.15, 0.2) is 18.2 Å². The van der Waals surface area contributed by atoms with E-state index in [0.29, 0.717) is 26.2 Å².